The van der Waals surface area contributed by atoms with Crippen LogP contribution < -0.4 is 16.0 Å². The van der Waals surface area contributed by atoms with Crippen molar-refractivity contribution in [3.63, 3.8) is 0 Å². The van der Waals surface area contributed by atoms with Crippen LogP contribution >= 0.6 is 35.3 Å². The van der Waals surface area contributed by atoms with Gasteiger partial charge in [0.1, 0.15) is 0 Å². The van der Waals surface area contributed by atoms with Gasteiger partial charge in [0.15, 0.2) is 5.96 Å². The molecule has 1 aromatic heterocycles. The number of nitrogens with one attached hydrogen (secondary N) is 3. The summed E-state index contributed by atoms with van der Waals surface area (Å²) in [5, 5.41) is 12.3. The molecule has 0 atom stereocenters. The Bertz CT molecular complexity index is 450. The minimum atomic E-state index is 0. The van der Waals surface area contributed by atoms with Crippen molar-refractivity contribution in [3.05, 3.63) is 22.4 Å². The number of hydrogen-bond donors (Lipinski definition) is 3. The van der Waals surface area contributed by atoms with E-state index < -0.39 is 0 Å². The first kappa shape index (κ1) is 22.7. The highest BCUT2D eigenvalue weighted by atomic mass is 127. The van der Waals surface area contributed by atoms with E-state index in [0.29, 0.717) is 0 Å². The summed E-state index contributed by atoms with van der Waals surface area (Å²) in [5.74, 6) is 0.892. The van der Waals surface area contributed by atoms with E-state index >= 15 is 0 Å². The zero-order chi connectivity index (χ0) is 16.6. The van der Waals surface area contributed by atoms with Crippen molar-refractivity contribution >= 4 is 41.3 Å². The molecule has 0 aromatic carbocycles. The zero-order valence-corrected chi connectivity index (χ0v) is 18.5. The van der Waals surface area contributed by atoms with Gasteiger partial charge in [-0.1, -0.05) is 19.9 Å². The van der Waals surface area contributed by atoms with Gasteiger partial charge in [-0.15, -0.1) is 35.3 Å². The molecule has 6 heteroatoms. The number of thiophene rings is 1. The minimum absolute atomic E-state index is 0. The molecule has 0 aliphatic rings. The van der Waals surface area contributed by atoms with E-state index in [1.54, 1.807) is 11.3 Å². The topological polar surface area (TPSA) is 48.5 Å². The van der Waals surface area contributed by atoms with E-state index in [0.717, 1.165) is 32.1 Å². The maximum atomic E-state index is 4.75. The fraction of sp³-hybridized carbons (Fsp3) is 0.706. The molecular formula is C17H33IN4S. The second-order valence-electron chi connectivity index (χ2n) is 7.16. The molecule has 1 heterocycles. The number of halogens is 1. The zero-order valence-electron chi connectivity index (χ0n) is 15.3. The number of guanidine groups is 1. The molecule has 4 nitrogen and oxygen atoms in total. The Balaban J connectivity index is 0.00000484. The maximum absolute atomic E-state index is 4.75. The van der Waals surface area contributed by atoms with Crippen molar-refractivity contribution in [2.24, 2.45) is 4.99 Å². The Morgan fingerprint density at radius 3 is 2.35 bits per heavy atom. The number of aliphatic imine (C=N–C) groups is 1. The lowest BCUT2D eigenvalue weighted by Gasteiger charge is -2.23. The average molecular weight is 452 g/mol. The highest BCUT2D eigenvalue weighted by Gasteiger charge is 2.21. The van der Waals surface area contributed by atoms with Crippen LogP contribution in [0.1, 0.15) is 46.4 Å². The lowest BCUT2D eigenvalue weighted by molar-refractivity contribution is 0.428. The van der Waals surface area contributed by atoms with Gasteiger partial charge in [-0.25, -0.2) is 0 Å². The second-order valence-corrected chi connectivity index (χ2v) is 8.11. The molecule has 3 N–H and O–H groups in total. The van der Waals surface area contributed by atoms with Gasteiger partial charge in [-0.05, 0) is 39.1 Å². The standard InChI is InChI=1S/C17H32N4S.HI/c1-7-18-15(19-10-11-21-16(2,3)4)20-13-17(5,6)14-9-8-12-22-14;/h8-9,12,21H,7,10-11,13H2,1-6H3,(H2,18,19,20);1H. The van der Waals surface area contributed by atoms with Crippen molar-refractivity contribution in [1.29, 1.82) is 0 Å². The SMILES string of the molecule is CCNC(=NCC(C)(C)c1cccs1)NCCNC(C)(C)C.I. The Morgan fingerprint density at radius 2 is 1.83 bits per heavy atom. The third-order valence-corrected chi connectivity index (χ3v) is 4.47. The normalized spacial score (nSPS) is 12.7. The molecule has 0 aliphatic heterocycles. The molecule has 0 bridgehead atoms. The van der Waals surface area contributed by atoms with Gasteiger partial charge in [0.25, 0.3) is 0 Å². The molecule has 0 radical (unpaired) electrons. The third-order valence-electron chi connectivity index (χ3n) is 3.24. The molecule has 0 amide bonds. The predicted molar refractivity (Wildman–Crippen MR) is 114 cm³/mol. The third kappa shape index (κ3) is 9.52. The van der Waals surface area contributed by atoms with Crippen LogP contribution in [0.5, 0.6) is 0 Å². The van der Waals surface area contributed by atoms with Crippen molar-refractivity contribution < 1.29 is 0 Å². The van der Waals surface area contributed by atoms with Gasteiger partial charge in [-0.2, -0.15) is 0 Å². The summed E-state index contributed by atoms with van der Waals surface area (Å²) in [7, 11) is 0. The Morgan fingerprint density at radius 1 is 1.13 bits per heavy atom. The molecule has 134 valence electrons. The van der Waals surface area contributed by atoms with Crippen molar-refractivity contribution in [2.45, 2.75) is 52.5 Å². The van der Waals surface area contributed by atoms with Crippen molar-refractivity contribution in [2.75, 3.05) is 26.2 Å². The fourth-order valence-electron chi connectivity index (χ4n) is 1.98. The Labute approximate surface area is 163 Å². The lowest BCUT2D eigenvalue weighted by Crippen LogP contribution is -2.44. The first-order chi connectivity index (χ1) is 10.2. The molecule has 0 unspecified atom stereocenters. The summed E-state index contributed by atoms with van der Waals surface area (Å²) >= 11 is 1.80. The molecule has 0 saturated carbocycles. The van der Waals surface area contributed by atoms with Gasteiger partial charge in [0.05, 0.1) is 6.54 Å². The smallest absolute Gasteiger partial charge is 0.191 e. The van der Waals surface area contributed by atoms with E-state index in [-0.39, 0.29) is 34.9 Å². The van der Waals surface area contributed by atoms with Crippen LogP contribution in [0.3, 0.4) is 0 Å². The van der Waals surface area contributed by atoms with Crippen molar-refractivity contribution in [3.8, 4) is 0 Å². The molecule has 0 saturated heterocycles. The quantitative estimate of drug-likeness (QED) is 0.257. The van der Waals surface area contributed by atoms with E-state index in [1.165, 1.54) is 4.88 Å². The highest BCUT2D eigenvalue weighted by molar-refractivity contribution is 14.0. The molecule has 0 aliphatic carbocycles. The first-order valence-corrected chi connectivity index (χ1v) is 8.94. The summed E-state index contributed by atoms with van der Waals surface area (Å²) in [6, 6.07) is 4.29. The van der Waals surface area contributed by atoms with E-state index in [2.05, 4.69) is 75.0 Å². The molecule has 0 spiro atoms. The first-order valence-electron chi connectivity index (χ1n) is 8.06. The van der Waals surface area contributed by atoms with Crippen molar-refractivity contribution in [1.82, 2.24) is 16.0 Å². The van der Waals surface area contributed by atoms with Gasteiger partial charge >= 0.3 is 0 Å². The largest absolute Gasteiger partial charge is 0.357 e. The lowest BCUT2D eigenvalue weighted by atomic mass is 9.92. The van der Waals surface area contributed by atoms with Gasteiger partial charge in [-0.3, -0.25) is 4.99 Å². The Hall–Kier alpha value is -0.340. The number of nitrogens with zero attached hydrogens (tertiary/aromatic N) is 1. The summed E-state index contributed by atoms with van der Waals surface area (Å²) < 4.78 is 0. The van der Waals surface area contributed by atoms with Crippen LogP contribution in [0.2, 0.25) is 0 Å². The average Bonchev–Trinajstić information content (AvgIpc) is 2.94. The highest BCUT2D eigenvalue weighted by Crippen LogP contribution is 2.27. The molecule has 23 heavy (non-hydrogen) atoms. The summed E-state index contributed by atoms with van der Waals surface area (Å²) in [5.41, 5.74) is 0.221. The van der Waals surface area contributed by atoms with Crippen LogP contribution in [0.25, 0.3) is 0 Å². The minimum Gasteiger partial charge on any atom is -0.357 e. The van der Waals surface area contributed by atoms with Crippen LogP contribution in [0.15, 0.2) is 22.5 Å². The van der Waals surface area contributed by atoms with E-state index in [1.807, 2.05) is 0 Å². The maximum Gasteiger partial charge on any atom is 0.191 e. The van der Waals surface area contributed by atoms with E-state index in [9.17, 15) is 0 Å². The summed E-state index contributed by atoms with van der Waals surface area (Å²) in [6.07, 6.45) is 0. The van der Waals surface area contributed by atoms with Gasteiger partial charge < -0.3 is 16.0 Å². The second kappa shape index (κ2) is 10.5. The van der Waals surface area contributed by atoms with E-state index in [4.69, 9.17) is 4.99 Å². The van der Waals surface area contributed by atoms with Gasteiger partial charge in [0.2, 0.25) is 0 Å². The fourth-order valence-corrected chi connectivity index (χ4v) is 2.82. The van der Waals surface area contributed by atoms with Crippen LogP contribution in [0.4, 0.5) is 0 Å². The molecule has 1 aromatic rings. The summed E-state index contributed by atoms with van der Waals surface area (Å²) in [4.78, 5) is 6.12. The van der Waals surface area contributed by atoms with Gasteiger partial charge in [0, 0.05) is 35.5 Å². The molecule has 0 fully saturated rings. The number of hydrogen-bond acceptors (Lipinski definition) is 3. The van der Waals surface area contributed by atoms with Crippen LogP contribution in [-0.2, 0) is 5.41 Å². The molecular weight excluding hydrogens is 419 g/mol. The summed E-state index contributed by atoms with van der Waals surface area (Å²) in [6.45, 7) is 16.5. The van der Waals surface area contributed by atoms with Crippen LogP contribution in [-0.4, -0.2) is 37.7 Å². The molecule has 1 rings (SSSR count). The monoisotopic (exact) mass is 452 g/mol. The Kier molecular flexibility index (Phi) is 10.4. The number of rotatable bonds is 7. The predicted octanol–water partition coefficient (Wildman–Crippen LogP) is 3.59. The van der Waals surface area contributed by atoms with Crippen LogP contribution in [0, 0.1) is 0 Å².